The lowest BCUT2D eigenvalue weighted by Gasteiger charge is -2.22. The van der Waals surface area contributed by atoms with E-state index in [9.17, 15) is 14.9 Å². The molecule has 0 aliphatic carbocycles. The third-order valence-electron chi connectivity index (χ3n) is 1.98. The van der Waals surface area contributed by atoms with Crippen LogP contribution in [0.15, 0.2) is 12.3 Å². The maximum Gasteiger partial charge on any atom is 0.341 e. The Morgan fingerprint density at radius 3 is 2.56 bits per heavy atom. The summed E-state index contributed by atoms with van der Waals surface area (Å²) in [7, 11) is 1.21. The molecule has 0 saturated heterocycles. The second kappa shape index (κ2) is 4.99. The van der Waals surface area contributed by atoms with Crippen molar-refractivity contribution >= 4 is 17.5 Å². The average molecular weight is 253 g/mol. The summed E-state index contributed by atoms with van der Waals surface area (Å²) in [6.07, 6.45) is 1.10. The number of nitrogens with one attached hydrogen (secondary N) is 1. The number of hydrogen-bond donors (Lipinski definition) is 1. The van der Waals surface area contributed by atoms with Gasteiger partial charge in [0.05, 0.1) is 12.0 Å². The highest BCUT2D eigenvalue weighted by Crippen LogP contribution is 2.22. The molecule has 7 heteroatoms. The quantitative estimate of drug-likeness (QED) is 0.503. The highest BCUT2D eigenvalue weighted by atomic mass is 16.6. The Bertz CT molecular complexity index is 480. The second-order valence-electron chi connectivity index (χ2n) is 4.71. The molecule has 1 N–H and O–H groups in total. The summed E-state index contributed by atoms with van der Waals surface area (Å²) in [5.74, 6) is -0.405. The van der Waals surface area contributed by atoms with Gasteiger partial charge in [-0.15, -0.1) is 0 Å². The molecule has 0 aliphatic rings. The van der Waals surface area contributed by atoms with Gasteiger partial charge in [-0.2, -0.15) is 0 Å². The number of nitro groups is 1. The Morgan fingerprint density at radius 1 is 1.50 bits per heavy atom. The van der Waals surface area contributed by atoms with Crippen LogP contribution < -0.4 is 5.32 Å². The maximum atomic E-state index is 11.6. The number of carbonyl (C=O) groups excluding carboxylic acids is 1. The predicted molar refractivity (Wildman–Crippen MR) is 65.6 cm³/mol. The van der Waals surface area contributed by atoms with E-state index >= 15 is 0 Å². The summed E-state index contributed by atoms with van der Waals surface area (Å²) >= 11 is 0. The number of rotatable bonds is 3. The first kappa shape index (κ1) is 13.9. The molecule has 0 atom stereocenters. The normalized spacial score (nSPS) is 10.9. The van der Waals surface area contributed by atoms with Crippen molar-refractivity contribution in [1.29, 1.82) is 0 Å². The molecule has 0 radical (unpaired) electrons. The van der Waals surface area contributed by atoms with Gasteiger partial charge in [-0.25, -0.2) is 9.78 Å². The monoisotopic (exact) mass is 253 g/mol. The average Bonchev–Trinajstić information content (AvgIpc) is 2.26. The highest BCUT2D eigenvalue weighted by Gasteiger charge is 2.21. The summed E-state index contributed by atoms with van der Waals surface area (Å²) in [6.45, 7) is 5.66. The molecular weight excluding hydrogens is 238 g/mol. The van der Waals surface area contributed by atoms with Crippen LogP contribution in [0.4, 0.5) is 11.5 Å². The van der Waals surface area contributed by atoms with E-state index in [2.05, 4.69) is 15.0 Å². The Hall–Kier alpha value is -2.18. The number of aromatic nitrogens is 1. The van der Waals surface area contributed by atoms with Crippen molar-refractivity contribution in [3.63, 3.8) is 0 Å². The van der Waals surface area contributed by atoms with Crippen LogP contribution in [-0.2, 0) is 4.74 Å². The molecule has 1 heterocycles. The van der Waals surface area contributed by atoms with Crippen molar-refractivity contribution in [2.24, 2.45) is 0 Å². The third kappa shape index (κ3) is 3.41. The van der Waals surface area contributed by atoms with Crippen LogP contribution >= 0.6 is 0 Å². The largest absolute Gasteiger partial charge is 0.465 e. The van der Waals surface area contributed by atoms with E-state index in [-0.39, 0.29) is 22.6 Å². The fourth-order valence-corrected chi connectivity index (χ4v) is 1.27. The van der Waals surface area contributed by atoms with Gasteiger partial charge in [0, 0.05) is 11.6 Å². The standard InChI is InChI=1S/C11H15N3O4/c1-11(2,3)13-9-8(10(15)18-4)5-7(6-12-9)14(16)17/h5-6H,1-4H3,(H,12,13). The number of carbonyl (C=O) groups is 1. The van der Waals surface area contributed by atoms with Gasteiger partial charge in [0.1, 0.15) is 17.6 Å². The van der Waals surface area contributed by atoms with Crippen molar-refractivity contribution in [2.75, 3.05) is 12.4 Å². The third-order valence-corrected chi connectivity index (χ3v) is 1.98. The van der Waals surface area contributed by atoms with E-state index in [0.717, 1.165) is 12.3 Å². The summed E-state index contributed by atoms with van der Waals surface area (Å²) in [6, 6.07) is 1.15. The molecule has 7 nitrogen and oxygen atoms in total. The van der Waals surface area contributed by atoms with Gasteiger partial charge in [0.25, 0.3) is 5.69 Å². The minimum Gasteiger partial charge on any atom is -0.465 e. The molecule has 0 bridgehead atoms. The number of pyridine rings is 1. The van der Waals surface area contributed by atoms with E-state index in [0.29, 0.717) is 0 Å². The molecular formula is C11H15N3O4. The van der Waals surface area contributed by atoms with Crippen LogP contribution in [0, 0.1) is 10.1 Å². The zero-order chi connectivity index (χ0) is 13.9. The minimum atomic E-state index is -0.669. The van der Waals surface area contributed by atoms with Crippen LogP contribution in [0.3, 0.4) is 0 Å². The van der Waals surface area contributed by atoms with E-state index in [4.69, 9.17) is 0 Å². The molecule has 1 aromatic heterocycles. The van der Waals surface area contributed by atoms with Crippen molar-refractivity contribution in [3.05, 3.63) is 27.9 Å². The van der Waals surface area contributed by atoms with E-state index in [1.807, 2.05) is 20.8 Å². The lowest BCUT2D eigenvalue weighted by atomic mass is 10.1. The summed E-state index contributed by atoms with van der Waals surface area (Å²) < 4.78 is 4.58. The van der Waals surface area contributed by atoms with Gasteiger partial charge < -0.3 is 10.1 Å². The molecule has 0 spiro atoms. The first-order valence-electron chi connectivity index (χ1n) is 5.25. The van der Waals surface area contributed by atoms with Crippen molar-refractivity contribution < 1.29 is 14.5 Å². The van der Waals surface area contributed by atoms with Crippen LogP contribution in [0.25, 0.3) is 0 Å². The minimum absolute atomic E-state index is 0.0432. The summed E-state index contributed by atoms with van der Waals surface area (Å²) in [4.78, 5) is 25.5. The molecule has 0 aliphatic heterocycles. The van der Waals surface area contributed by atoms with Gasteiger partial charge in [-0.05, 0) is 20.8 Å². The lowest BCUT2D eigenvalue weighted by Crippen LogP contribution is -2.28. The van der Waals surface area contributed by atoms with Crippen molar-refractivity contribution in [2.45, 2.75) is 26.3 Å². The Morgan fingerprint density at radius 2 is 2.11 bits per heavy atom. The first-order valence-corrected chi connectivity index (χ1v) is 5.25. The first-order chi connectivity index (χ1) is 8.24. The predicted octanol–water partition coefficient (Wildman–Crippen LogP) is 1.99. The molecule has 0 aromatic carbocycles. The van der Waals surface area contributed by atoms with Gasteiger partial charge in [-0.3, -0.25) is 10.1 Å². The Balaban J connectivity index is 3.25. The topological polar surface area (TPSA) is 94.4 Å². The Labute approximate surface area is 104 Å². The van der Waals surface area contributed by atoms with E-state index in [1.165, 1.54) is 7.11 Å². The maximum absolute atomic E-state index is 11.6. The molecule has 98 valence electrons. The van der Waals surface area contributed by atoms with Crippen molar-refractivity contribution in [1.82, 2.24) is 4.98 Å². The summed E-state index contributed by atoms with van der Waals surface area (Å²) in [5, 5.41) is 13.7. The van der Waals surface area contributed by atoms with Gasteiger partial charge >= 0.3 is 5.97 Å². The number of hydrogen-bond acceptors (Lipinski definition) is 6. The van der Waals surface area contributed by atoms with Gasteiger partial charge in [0.15, 0.2) is 0 Å². The van der Waals surface area contributed by atoms with Crippen LogP contribution in [-0.4, -0.2) is 28.5 Å². The molecule has 18 heavy (non-hydrogen) atoms. The molecule has 0 unspecified atom stereocenters. The van der Waals surface area contributed by atoms with Crippen LogP contribution in [0.1, 0.15) is 31.1 Å². The molecule has 0 fully saturated rings. The number of nitrogens with zero attached hydrogens (tertiary/aromatic N) is 2. The smallest absolute Gasteiger partial charge is 0.341 e. The Kier molecular flexibility index (Phi) is 3.85. The highest BCUT2D eigenvalue weighted by molar-refractivity contribution is 5.95. The van der Waals surface area contributed by atoms with E-state index < -0.39 is 10.9 Å². The number of esters is 1. The molecule has 1 aromatic rings. The SMILES string of the molecule is COC(=O)c1cc([N+](=O)[O-])cnc1NC(C)(C)C. The summed E-state index contributed by atoms with van der Waals surface area (Å²) in [5.41, 5.74) is -0.539. The van der Waals surface area contributed by atoms with Crippen LogP contribution in [0.2, 0.25) is 0 Å². The van der Waals surface area contributed by atoms with Gasteiger partial charge in [-0.1, -0.05) is 0 Å². The fourth-order valence-electron chi connectivity index (χ4n) is 1.27. The second-order valence-corrected chi connectivity index (χ2v) is 4.71. The number of methoxy groups -OCH3 is 1. The fraction of sp³-hybridized carbons (Fsp3) is 0.455. The number of anilines is 1. The van der Waals surface area contributed by atoms with Crippen LogP contribution in [0.5, 0.6) is 0 Å². The number of ether oxygens (including phenoxy) is 1. The lowest BCUT2D eigenvalue weighted by molar-refractivity contribution is -0.385. The molecule has 0 saturated carbocycles. The molecule has 1 rings (SSSR count). The van der Waals surface area contributed by atoms with E-state index in [1.54, 1.807) is 0 Å². The molecule has 0 amide bonds. The van der Waals surface area contributed by atoms with Crippen molar-refractivity contribution in [3.8, 4) is 0 Å². The zero-order valence-electron chi connectivity index (χ0n) is 10.7. The van der Waals surface area contributed by atoms with Gasteiger partial charge in [0.2, 0.25) is 0 Å². The zero-order valence-corrected chi connectivity index (χ0v) is 10.7.